The van der Waals surface area contributed by atoms with Crippen LogP contribution < -0.4 is 0 Å². The van der Waals surface area contributed by atoms with Crippen molar-refractivity contribution >= 4 is 12.3 Å². The van der Waals surface area contributed by atoms with Gasteiger partial charge in [0, 0.05) is 5.92 Å². The maximum absolute atomic E-state index is 10.8. The first kappa shape index (κ1) is 37.3. The van der Waals surface area contributed by atoms with E-state index in [0.29, 0.717) is 29.1 Å². The first-order valence-electron chi connectivity index (χ1n) is 15.2. The molecule has 224 valence electrons. The van der Waals surface area contributed by atoms with E-state index < -0.39 is 12.4 Å². The van der Waals surface area contributed by atoms with Gasteiger partial charge in [0.15, 0.2) is 0 Å². The molecule has 0 spiro atoms. The number of carboxylic acid groups (broad SMARTS) is 1. The number of rotatable bonds is 11. The molecule has 0 saturated heterocycles. The van der Waals surface area contributed by atoms with E-state index in [-0.39, 0.29) is 5.92 Å². The molecule has 0 amide bonds. The Labute approximate surface area is 245 Å². The van der Waals surface area contributed by atoms with Crippen LogP contribution in [0.15, 0.2) is 34.9 Å². The van der Waals surface area contributed by atoms with Gasteiger partial charge in [-0.1, -0.05) is 76.5 Å². The van der Waals surface area contributed by atoms with E-state index in [9.17, 15) is 9.59 Å². The minimum Gasteiger partial charge on any atom is -0.480 e. The molecule has 1 N–H and O–H groups in total. The van der Waals surface area contributed by atoms with Gasteiger partial charge in [-0.15, -0.1) is 0 Å². The Bertz CT molecular complexity index is 956. The second-order valence-electron chi connectivity index (χ2n) is 12.8. The van der Waals surface area contributed by atoms with Crippen molar-refractivity contribution in [1.82, 2.24) is 0 Å². The lowest BCUT2D eigenvalue weighted by atomic mass is 9.66. The molecule has 0 heterocycles. The van der Waals surface area contributed by atoms with E-state index in [1.807, 2.05) is 0 Å². The van der Waals surface area contributed by atoms with E-state index in [0.717, 1.165) is 32.0 Å². The first-order chi connectivity index (χ1) is 18.8. The number of nitriles is 2. The van der Waals surface area contributed by atoms with Crippen LogP contribution in [0.2, 0.25) is 0 Å². The normalized spacial score (nSPS) is 21.9. The Kier molecular flexibility index (Phi) is 18.1. The molecular weight excluding hydrogens is 496 g/mol. The van der Waals surface area contributed by atoms with E-state index in [1.54, 1.807) is 5.57 Å². The van der Waals surface area contributed by atoms with Crippen molar-refractivity contribution in [3.63, 3.8) is 0 Å². The van der Waals surface area contributed by atoms with Gasteiger partial charge in [0.2, 0.25) is 0 Å². The Balaban J connectivity index is 0.000000636. The molecule has 0 saturated carbocycles. The van der Waals surface area contributed by atoms with Crippen molar-refractivity contribution in [2.45, 2.75) is 132 Å². The number of allylic oxidation sites excluding steroid dienone is 6. The van der Waals surface area contributed by atoms with Gasteiger partial charge in [-0.05, 0) is 101 Å². The van der Waals surface area contributed by atoms with Crippen LogP contribution in [0.3, 0.4) is 0 Å². The van der Waals surface area contributed by atoms with Crippen LogP contribution in [-0.2, 0) is 9.59 Å². The minimum atomic E-state index is -1.07. The average molecular weight is 553 g/mol. The van der Waals surface area contributed by atoms with Gasteiger partial charge >= 0.3 is 5.97 Å². The van der Waals surface area contributed by atoms with E-state index in [2.05, 4.69) is 79.7 Å². The molecule has 2 aliphatic rings. The molecule has 0 aromatic carbocycles. The maximum atomic E-state index is 10.8. The van der Waals surface area contributed by atoms with E-state index >= 15 is 0 Å². The van der Waals surface area contributed by atoms with Crippen molar-refractivity contribution in [2.24, 2.45) is 28.6 Å². The third kappa shape index (κ3) is 14.1. The Morgan fingerprint density at radius 2 is 1.52 bits per heavy atom. The monoisotopic (exact) mass is 552 g/mol. The van der Waals surface area contributed by atoms with Crippen LogP contribution >= 0.6 is 0 Å². The van der Waals surface area contributed by atoms with Gasteiger partial charge in [0.25, 0.3) is 0 Å². The highest BCUT2D eigenvalue weighted by molar-refractivity contribution is 5.69. The third-order valence-corrected chi connectivity index (χ3v) is 8.96. The summed E-state index contributed by atoms with van der Waals surface area (Å²) < 4.78 is 0. The van der Waals surface area contributed by atoms with Crippen molar-refractivity contribution in [3.05, 3.63) is 34.9 Å². The number of carbonyl (C=O) groups excluding carboxylic acids is 1. The molecule has 0 bridgehead atoms. The summed E-state index contributed by atoms with van der Waals surface area (Å²) in [6.07, 6.45) is 19.9. The largest absolute Gasteiger partial charge is 0.480 e. The van der Waals surface area contributed by atoms with Crippen LogP contribution in [0.25, 0.3) is 0 Å². The van der Waals surface area contributed by atoms with Gasteiger partial charge in [-0.25, -0.2) is 0 Å². The Morgan fingerprint density at radius 3 is 1.88 bits per heavy atom. The summed E-state index contributed by atoms with van der Waals surface area (Å²) in [5.74, 6) is 0.585. The van der Waals surface area contributed by atoms with Gasteiger partial charge in [-0.2, -0.15) is 10.5 Å². The topological polar surface area (TPSA) is 102 Å². The zero-order valence-electron chi connectivity index (χ0n) is 26.7. The molecule has 2 aliphatic carbocycles. The predicted molar refractivity (Wildman–Crippen MR) is 165 cm³/mol. The number of hydrogen-bond donors (Lipinski definition) is 1. The molecule has 5 nitrogen and oxygen atoms in total. The minimum absolute atomic E-state index is 0.269. The van der Waals surface area contributed by atoms with Crippen LogP contribution in [0.4, 0.5) is 0 Å². The predicted octanol–water partition coefficient (Wildman–Crippen LogP) is 9.76. The standard InChI is InChI=1S/C17H27N.C15H26O.C3H3NO2/c1-5-15(9-7-13-18)10-11-16-14(2)8-6-12-17(16,3)4;1-5-13(11-16)8-9-14-12(2)7-6-10-15(14,3)4;4-2-1-3(5)6/h8-9,16H,5-7,10-12H2,1-4H3;7,11,13-14H,5-6,8-10H2,1-4H3;1H2,(H,5,6)/b15-9+;;. The summed E-state index contributed by atoms with van der Waals surface area (Å²) in [7, 11) is 0. The lowest BCUT2D eigenvalue weighted by Gasteiger charge is -2.39. The fraction of sp³-hybridized carbons (Fsp3) is 0.714. The van der Waals surface area contributed by atoms with Gasteiger partial charge < -0.3 is 9.90 Å². The number of aldehydes is 1. The van der Waals surface area contributed by atoms with Gasteiger partial charge in [0.05, 0.1) is 18.6 Å². The number of hydrogen-bond acceptors (Lipinski definition) is 4. The summed E-state index contributed by atoms with van der Waals surface area (Å²) in [5, 5.41) is 23.9. The average Bonchev–Trinajstić information content (AvgIpc) is 2.87. The van der Waals surface area contributed by atoms with Gasteiger partial charge in [-0.3, -0.25) is 4.79 Å². The highest BCUT2D eigenvalue weighted by Gasteiger charge is 2.33. The van der Waals surface area contributed by atoms with Crippen LogP contribution in [-0.4, -0.2) is 17.4 Å². The summed E-state index contributed by atoms with van der Waals surface area (Å²) in [6.45, 7) is 18.4. The quantitative estimate of drug-likeness (QED) is 0.203. The van der Waals surface area contributed by atoms with Crippen LogP contribution in [0.1, 0.15) is 132 Å². The molecule has 3 atom stereocenters. The molecule has 3 unspecified atom stereocenters. The fourth-order valence-corrected chi connectivity index (χ4v) is 6.21. The number of nitrogens with zero attached hydrogens (tertiary/aromatic N) is 2. The molecule has 0 aromatic rings. The molecular formula is C35H56N2O3. The third-order valence-electron chi connectivity index (χ3n) is 8.96. The number of carboxylic acids is 1. The van der Waals surface area contributed by atoms with Crippen molar-refractivity contribution in [2.75, 3.05) is 0 Å². The molecule has 2 rings (SSSR count). The van der Waals surface area contributed by atoms with Crippen molar-refractivity contribution in [1.29, 1.82) is 10.5 Å². The number of carbonyl (C=O) groups is 2. The second-order valence-corrected chi connectivity index (χ2v) is 12.8. The summed E-state index contributed by atoms with van der Waals surface area (Å²) in [5.41, 5.74) is 5.41. The summed E-state index contributed by atoms with van der Waals surface area (Å²) in [6, 6.07) is 3.68. The molecule has 0 fully saturated rings. The van der Waals surface area contributed by atoms with E-state index in [4.69, 9.17) is 15.6 Å². The lowest BCUT2D eigenvalue weighted by molar-refractivity contribution is -0.135. The first-order valence-corrected chi connectivity index (χ1v) is 15.2. The van der Waals surface area contributed by atoms with Gasteiger partial charge in [0.1, 0.15) is 12.7 Å². The Morgan fingerprint density at radius 1 is 1.00 bits per heavy atom. The maximum Gasteiger partial charge on any atom is 0.317 e. The Hall–Kier alpha value is -2.66. The van der Waals surface area contributed by atoms with Crippen molar-refractivity contribution in [3.8, 4) is 12.1 Å². The molecule has 0 radical (unpaired) electrons. The fourth-order valence-electron chi connectivity index (χ4n) is 6.21. The zero-order chi connectivity index (χ0) is 30.8. The van der Waals surface area contributed by atoms with Crippen molar-refractivity contribution < 1.29 is 14.7 Å². The highest BCUT2D eigenvalue weighted by atomic mass is 16.4. The summed E-state index contributed by atoms with van der Waals surface area (Å²) >= 11 is 0. The lowest BCUT2D eigenvalue weighted by Crippen LogP contribution is -2.28. The zero-order valence-corrected chi connectivity index (χ0v) is 26.7. The molecule has 40 heavy (non-hydrogen) atoms. The van der Waals surface area contributed by atoms with E-state index in [1.165, 1.54) is 55.7 Å². The summed E-state index contributed by atoms with van der Waals surface area (Å²) in [4.78, 5) is 20.2. The molecule has 0 aliphatic heterocycles. The highest BCUT2D eigenvalue weighted by Crippen LogP contribution is 2.44. The second kappa shape index (κ2) is 19.4. The smallest absolute Gasteiger partial charge is 0.317 e. The molecule has 0 aromatic heterocycles. The van der Waals surface area contributed by atoms with Crippen LogP contribution in [0, 0.1) is 51.2 Å². The SMILES string of the molecule is CC/C(=C\CC#N)CCC1C(C)=CCCC1(C)C.CCC(C=O)CCC1C(C)=CCCC1(C)C.N#CCC(=O)O. The molecule has 5 heteroatoms. The number of aliphatic carboxylic acids is 1. The van der Waals surface area contributed by atoms with Crippen LogP contribution in [0.5, 0.6) is 0 Å².